The van der Waals surface area contributed by atoms with Crippen molar-refractivity contribution in [2.75, 3.05) is 20.8 Å². The van der Waals surface area contributed by atoms with Crippen LogP contribution in [0.1, 0.15) is 35.7 Å². The predicted octanol–water partition coefficient (Wildman–Crippen LogP) is 2.03. The Morgan fingerprint density at radius 3 is 3.05 bits per heavy atom. The highest BCUT2D eigenvalue weighted by Gasteiger charge is 2.20. The van der Waals surface area contributed by atoms with Crippen molar-refractivity contribution in [2.45, 2.75) is 45.3 Å². The van der Waals surface area contributed by atoms with Crippen LogP contribution in [0.2, 0.25) is 0 Å². The van der Waals surface area contributed by atoms with E-state index in [0.717, 1.165) is 49.8 Å². The van der Waals surface area contributed by atoms with Gasteiger partial charge < -0.3 is 13.8 Å². The average molecular weight is 304 g/mol. The molecule has 2 heterocycles. The fraction of sp³-hybridized carbons (Fsp3) is 0.625. The Labute approximate surface area is 131 Å². The molecular weight excluding hydrogens is 280 g/mol. The molecule has 0 unspecified atom stereocenters. The average Bonchev–Trinajstić information content (AvgIpc) is 3.13. The van der Waals surface area contributed by atoms with Gasteiger partial charge in [-0.3, -0.25) is 4.90 Å². The SMILES string of the molecule is COCCn1ccnc1CN(C)Cc1noc2c1CCCC2. The Hall–Kier alpha value is -1.66. The molecule has 0 N–H and O–H groups in total. The van der Waals surface area contributed by atoms with E-state index in [0.29, 0.717) is 6.61 Å². The summed E-state index contributed by atoms with van der Waals surface area (Å²) < 4.78 is 12.8. The van der Waals surface area contributed by atoms with E-state index in [1.807, 2.05) is 12.4 Å². The van der Waals surface area contributed by atoms with Gasteiger partial charge in [-0.1, -0.05) is 5.16 Å². The monoisotopic (exact) mass is 304 g/mol. The van der Waals surface area contributed by atoms with Crippen LogP contribution in [0.5, 0.6) is 0 Å². The van der Waals surface area contributed by atoms with Crippen LogP contribution in [0.25, 0.3) is 0 Å². The quantitative estimate of drug-likeness (QED) is 0.783. The van der Waals surface area contributed by atoms with E-state index >= 15 is 0 Å². The van der Waals surface area contributed by atoms with Gasteiger partial charge in [0.2, 0.25) is 0 Å². The van der Waals surface area contributed by atoms with Gasteiger partial charge in [0.15, 0.2) is 0 Å². The number of aryl methyl sites for hydroxylation is 1. The summed E-state index contributed by atoms with van der Waals surface area (Å²) in [4.78, 5) is 6.68. The molecule has 0 aliphatic heterocycles. The molecule has 0 bridgehead atoms. The molecule has 22 heavy (non-hydrogen) atoms. The zero-order valence-electron chi connectivity index (χ0n) is 13.4. The van der Waals surface area contributed by atoms with Gasteiger partial charge in [-0.2, -0.15) is 0 Å². The summed E-state index contributed by atoms with van der Waals surface area (Å²) in [5.41, 5.74) is 2.42. The largest absolute Gasteiger partial charge is 0.383 e. The third kappa shape index (κ3) is 3.39. The Bertz CT molecular complexity index is 605. The van der Waals surface area contributed by atoms with Crippen LogP contribution in [0.4, 0.5) is 0 Å². The zero-order valence-corrected chi connectivity index (χ0v) is 13.4. The second-order valence-electron chi connectivity index (χ2n) is 5.94. The number of rotatable bonds is 7. The summed E-state index contributed by atoms with van der Waals surface area (Å²) in [5, 5.41) is 4.28. The molecule has 0 atom stereocenters. The van der Waals surface area contributed by atoms with E-state index in [9.17, 15) is 0 Å². The normalized spacial score (nSPS) is 14.5. The molecule has 0 fully saturated rings. The fourth-order valence-electron chi connectivity index (χ4n) is 3.01. The van der Waals surface area contributed by atoms with Crippen molar-refractivity contribution >= 4 is 0 Å². The van der Waals surface area contributed by atoms with Gasteiger partial charge in [0.25, 0.3) is 0 Å². The van der Waals surface area contributed by atoms with Crippen molar-refractivity contribution in [3.05, 3.63) is 35.2 Å². The van der Waals surface area contributed by atoms with Gasteiger partial charge in [-0.05, 0) is 26.3 Å². The van der Waals surface area contributed by atoms with Crippen molar-refractivity contribution in [1.29, 1.82) is 0 Å². The molecule has 1 aliphatic carbocycles. The van der Waals surface area contributed by atoms with Crippen molar-refractivity contribution in [3.63, 3.8) is 0 Å². The van der Waals surface area contributed by atoms with Crippen LogP contribution in [-0.2, 0) is 37.2 Å². The first-order valence-electron chi connectivity index (χ1n) is 7.91. The summed E-state index contributed by atoms with van der Waals surface area (Å²) in [5.74, 6) is 2.15. The summed E-state index contributed by atoms with van der Waals surface area (Å²) in [6.45, 7) is 3.12. The Kier molecular flexibility index (Phi) is 4.90. The van der Waals surface area contributed by atoms with E-state index in [2.05, 4.69) is 26.7 Å². The van der Waals surface area contributed by atoms with E-state index < -0.39 is 0 Å². The lowest BCUT2D eigenvalue weighted by Crippen LogP contribution is -2.21. The molecule has 0 aromatic carbocycles. The minimum atomic E-state index is 0.698. The molecule has 2 aromatic rings. The maximum atomic E-state index is 5.49. The highest BCUT2D eigenvalue weighted by atomic mass is 16.5. The summed E-state index contributed by atoms with van der Waals surface area (Å²) >= 11 is 0. The van der Waals surface area contributed by atoms with Crippen molar-refractivity contribution < 1.29 is 9.26 Å². The highest BCUT2D eigenvalue weighted by molar-refractivity contribution is 5.25. The third-order valence-electron chi connectivity index (χ3n) is 4.20. The second kappa shape index (κ2) is 7.07. The number of aromatic nitrogens is 3. The maximum Gasteiger partial charge on any atom is 0.140 e. The van der Waals surface area contributed by atoms with Crippen molar-refractivity contribution in [3.8, 4) is 0 Å². The second-order valence-corrected chi connectivity index (χ2v) is 5.94. The molecule has 0 saturated heterocycles. The number of hydrogen-bond donors (Lipinski definition) is 0. The minimum absolute atomic E-state index is 0.698. The van der Waals surface area contributed by atoms with E-state index in [-0.39, 0.29) is 0 Å². The molecular formula is C16H24N4O2. The first kappa shape index (κ1) is 15.2. The number of methoxy groups -OCH3 is 1. The predicted molar refractivity (Wildman–Crippen MR) is 82.4 cm³/mol. The van der Waals surface area contributed by atoms with Gasteiger partial charge in [0.05, 0.1) is 13.2 Å². The number of hydrogen-bond acceptors (Lipinski definition) is 5. The minimum Gasteiger partial charge on any atom is -0.383 e. The lowest BCUT2D eigenvalue weighted by Gasteiger charge is -2.17. The molecule has 0 saturated carbocycles. The molecule has 120 valence electrons. The molecule has 2 aromatic heterocycles. The van der Waals surface area contributed by atoms with E-state index in [1.165, 1.54) is 18.4 Å². The topological polar surface area (TPSA) is 56.3 Å². The number of nitrogens with zero attached hydrogens (tertiary/aromatic N) is 4. The lowest BCUT2D eigenvalue weighted by atomic mass is 9.96. The first-order valence-corrected chi connectivity index (χ1v) is 7.91. The van der Waals surface area contributed by atoms with Crippen LogP contribution in [-0.4, -0.2) is 40.4 Å². The molecule has 6 nitrogen and oxygen atoms in total. The molecule has 3 rings (SSSR count). The summed E-state index contributed by atoms with van der Waals surface area (Å²) in [6, 6.07) is 0. The highest BCUT2D eigenvalue weighted by Crippen LogP contribution is 2.25. The van der Waals surface area contributed by atoms with Crippen molar-refractivity contribution in [1.82, 2.24) is 19.6 Å². The van der Waals surface area contributed by atoms with Gasteiger partial charge in [-0.25, -0.2) is 4.98 Å². The molecule has 1 aliphatic rings. The summed E-state index contributed by atoms with van der Waals surface area (Å²) in [7, 11) is 3.82. The van der Waals surface area contributed by atoms with Gasteiger partial charge in [-0.15, -0.1) is 0 Å². The number of ether oxygens (including phenoxy) is 1. The smallest absolute Gasteiger partial charge is 0.140 e. The van der Waals surface area contributed by atoms with Crippen LogP contribution >= 0.6 is 0 Å². The van der Waals surface area contributed by atoms with Gasteiger partial charge in [0.1, 0.15) is 17.3 Å². The van der Waals surface area contributed by atoms with Crippen molar-refractivity contribution in [2.24, 2.45) is 0 Å². The molecule has 0 radical (unpaired) electrons. The number of fused-ring (bicyclic) bond motifs is 1. The Morgan fingerprint density at radius 1 is 1.32 bits per heavy atom. The first-order chi connectivity index (χ1) is 10.8. The van der Waals surface area contributed by atoms with Crippen LogP contribution in [0, 0.1) is 0 Å². The Balaban J connectivity index is 1.62. The Morgan fingerprint density at radius 2 is 2.18 bits per heavy atom. The van der Waals surface area contributed by atoms with Gasteiger partial charge >= 0.3 is 0 Å². The molecule has 6 heteroatoms. The van der Waals surface area contributed by atoms with Crippen LogP contribution < -0.4 is 0 Å². The standard InChI is InChI=1S/C16H24N4O2/c1-19(12-16-17-7-8-20(16)9-10-21-2)11-14-13-5-3-4-6-15(13)22-18-14/h7-8H,3-6,9-12H2,1-2H3. The number of imidazole rings is 1. The van der Waals surface area contributed by atoms with E-state index in [4.69, 9.17) is 9.26 Å². The lowest BCUT2D eigenvalue weighted by molar-refractivity contribution is 0.184. The van der Waals surface area contributed by atoms with E-state index in [1.54, 1.807) is 7.11 Å². The molecule has 0 spiro atoms. The fourth-order valence-corrected chi connectivity index (χ4v) is 3.01. The summed E-state index contributed by atoms with van der Waals surface area (Å²) in [6.07, 6.45) is 8.44. The zero-order chi connectivity index (χ0) is 15.4. The third-order valence-corrected chi connectivity index (χ3v) is 4.20. The maximum absolute atomic E-state index is 5.49. The molecule has 0 amide bonds. The van der Waals surface area contributed by atoms with Gasteiger partial charge in [0, 0.05) is 44.6 Å². The van der Waals surface area contributed by atoms with Crippen LogP contribution in [0.15, 0.2) is 16.9 Å². The van der Waals surface area contributed by atoms with Crippen LogP contribution in [0.3, 0.4) is 0 Å².